The molecular formula is C10H8F3NO3. The van der Waals surface area contributed by atoms with Crippen LogP contribution in [0.2, 0.25) is 0 Å². The van der Waals surface area contributed by atoms with Crippen molar-refractivity contribution in [1.29, 1.82) is 0 Å². The van der Waals surface area contributed by atoms with E-state index in [1.165, 1.54) is 0 Å². The predicted octanol–water partition coefficient (Wildman–Crippen LogP) is 2.09. The van der Waals surface area contributed by atoms with Gasteiger partial charge in [-0.3, -0.25) is 4.79 Å². The molecule has 0 aromatic carbocycles. The maximum Gasteiger partial charge on any atom is 0.433 e. The number of rotatable bonds is 2. The fourth-order valence-corrected chi connectivity index (χ4v) is 1.09. The highest BCUT2D eigenvalue weighted by molar-refractivity contribution is 5.97. The van der Waals surface area contributed by atoms with Crippen molar-refractivity contribution in [2.45, 2.75) is 13.1 Å². The molecule has 4 nitrogen and oxygen atoms in total. The number of carbonyl (C=O) groups excluding carboxylic acids is 2. The molecule has 7 heteroatoms. The number of Topliss-reactive ketones (excluding diaryl/α,β-unsaturated/α-hetero) is 1. The molecule has 1 aromatic heterocycles. The zero-order chi connectivity index (χ0) is 13.2. The van der Waals surface area contributed by atoms with Crippen molar-refractivity contribution >= 4 is 11.8 Å². The van der Waals surface area contributed by atoms with Crippen molar-refractivity contribution < 1.29 is 27.5 Å². The molecule has 1 aromatic rings. The smallest absolute Gasteiger partial charge is 0.433 e. The van der Waals surface area contributed by atoms with E-state index >= 15 is 0 Å². The van der Waals surface area contributed by atoms with Crippen LogP contribution >= 0.6 is 0 Å². The van der Waals surface area contributed by atoms with Crippen LogP contribution in [0.1, 0.15) is 33.5 Å². The van der Waals surface area contributed by atoms with Crippen LogP contribution in [0.3, 0.4) is 0 Å². The van der Waals surface area contributed by atoms with Crippen LogP contribution in [-0.2, 0) is 10.9 Å². The number of aromatic nitrogens is 1. The molecule has 17 heavy (non-hydrogen) atoms. The van der Waals surface area contributed by atoms with E-state index < -0.39 is 29.3 Å². The van der Waals surface area contributed by atoms with Crippen molar-refractivity contribution in [2.75, 3.05) is 7.11 Å². The van der Waals surface area contributed by atoms with Gasteiger partial charge in [0.25, 0.3) is 0 Å². The standard InChI is InChI=1S/C10H8F3NO3/c1-5(15)6-3-7(9(16)17-2)14-8(4-6)10(11,12)13/h3-4H,1-2H3. The Morgan fingerprint density at radius 2 is 1.88 bits per heavy atom. The molecule has 1 rings (SSSR count). The molecule has 0 radical (unpaired) electrons. The molecule has 1 heterocycles. The van der Waals surface area contributed by atoms with E-state index in [4.69, 9.17) is 0 Å². The van der Waals surface area contributed by atoms with Crippen molar-refractivity contribution in [1.82, 2.24) is 4.98 Å². The molecule has 0 bridgehead atoms. The van der Waals surface area contributed by atoms with Gasteiger partial charge in [0.05, 0.1) is 7.11 Å². The summed E-state index contributed by atoms with van der Waals surface area (Å²) in [6.45, 7) is 1.09. The van der Waals surface area contributed by atoms with Gasteiger partial charge in [-0.25, -0.2) is 9.78 Å². The van der Waals surface area contributed by atoms with E-state index in [1.807, 2.05) is 0 Å². The maximum atomic E-state index is 12.5. The number of hydrogen-bond donors (Lipinski definition) is 0. The monoisotopic (exact) mass is 247 g/mol. The minimum Gasteiger partial charge on any atom is -0.464 e. The Kier molecular flexibility index (Phi) is 3.50. The molecular weight excluding hydrogens is 239 g/mol. The normalized spacial score (nSPS) is 11.1. The minimum absolute atomic E-state index is 0.243. The van der Waals surface area contributed by atoms with Gasteiger partial charge in [0.1, 0.15) is 11.4 Å². The summed E-state index contributed by atoms with van der Waals surface area (Å²) in [5.41, 5.74) is -2.09. The number of nitrogens with zero attached hydrogens (tertiary/aromatic N) is 1. The molecule has 0 amide bonds. The van der Waals surface area contributed by atoms with Crippen LogP contribution in [-0.4, -0.2) is 23.8 Å². The van der Waals surface area contributed by atoms with Crippen LogP contribution in [0, 0.1) is 0 Å². The topological polar surface area (TPSA) is 56.3 Å². The molecule has 0 unspecified atom stereocenters. The third-order valence-corrected chi connectivity index (χ3v) is 1.92. The lowest BCUT2D eigenvalue weighted by molar-refractivity contribution is -0.141. The molecule has 0 aliphatic carbocycles. The predicted molar refractivity (Wildman–Crippen MR) is 50.6 cm³/mol. The molecule has 0 saturated carbocycles. The molecule has 0 saturated heterocycles. The van der Waals surface area contributed by atoms with Crippen LogP contribution in [0.4, 0.5) is 13.2 Å². The number of hydrogen-bond acceptors (Lipinski definition) is 4. The van der Waals surface area contributed by atoms with Gasteiger partial charge in [-0.15, -0.1) is 0 Å². The summed E-state index contributed by atoms with van der Waals surface area (Å²) in [4.78, 5) is 25.3. The zero-order valence-electron chi connectivity index (χ0n) is 8.96. The van der Waals surface area contributed by atoms with E-state index in [1.54, 1.807) is 0 Å². The van der Waals surface area contributed by atoms with E-state index in [0.717, 1.165) is 20.1 Å². The number of esters is 1. The Labute approximate surface area is 94.4 Å². The molecule has 0 atom stereocenters. The average molecular weight is 247 g/mol. The lowest BCUT2D eigenvalue weighted by atomic mass is 10.1. The summed E-state index contributed by atoms with van der Waals surface area (Å²) < 4.78 is 41.6. The van der Waals surface area contributed by atoms with E-state index in [9.17, 15) is 22.8 Å². The summed E-state index contributed by atoms with van der Waals surface area (Å²) in [6.07, 6.45) is -4.73. The lowest BCUT2D eigenvalue weighted by Crippen LogP contribution is -2.14. The fourth-order valence-electron chi connectivity index (χ4n) is 1.09. The highest BCUT2D eigenvalue weighted by atomic mass is 19.4. The van der Waals surface area contributed by atoms with Crippen LogP contribution < -0.4 is 0 Å². The Morgan fingerprint density at radius 3 is 2.29 bits per heavy atom. The van der Waals surface area contributed by atoms with Gasteiger partial charge >= 0.3 is 12.1 Å². The van der Waals surface area contributed by atoms with Crippen molar-refractivity contribution in [3.05, 3.63) is 29.1 Å². The van der Waals surface area contributed by atoms with Crippen LogP contribution in [0.5, 0.6) is 0 Å². The van der Waals surface area contributed by atoms with Crippen molar-refractivity contribution in [3.8, 4) is 0 Å². The summed E-state index contributed by atoms with van der Waals surface area (Å²) in [5.74, 6) is -1.62. The maximum absolute atomic E-state index is 12.5. The average Bonchev–Trinajstić information content (AvgIpc) is 2.26. The molecule has 92 valence electrons. The largest absolute Gasteiger partial charge is 0.464 e. The van der Waals surface area contributed by atoms with Gasteiger partial charge in [0, 0.05) is 5.56 Å². The number of alkyl halides is 3. The zero-order valence-corrected chi connectivity index (χ0v) is 8.96. The van der Waals surface area contributed by atoms with Gasteiger partial charge < -0.3 is 4.74 Å². The summed E-state index contributed by atoms with van der Waals surface area (Å²) in [6, 6.07) is 1.55. The minimum atomic E-state index is -4.73. The Bertz CT molecular complexity index is 468. The molecule has 0 fully saturated rings. The van der Waals surface area contributed by atoms with Crippen LogP contribution in [0.25, 0.3) is 0 Å². The number of ketones is 1. The van der Waals surface area contributed by atoms with Gasteiger partial charge in [-0.05, 0) is 19.1 Å². The first-order chi connectivity index (χ1) is 7.75. The third kappa shape index (κ3) is 3.02. The van der Waals surface area contributed by atoms with E-state index in [-0.39, 0.29) is 5.56 Å². The second-order valence-electron chi connectivity index (χ2n) is 3.17. The SMILES string of the molecule is COC(=O)c1cc(C(C)=O)cc(C(F)(F)F)n1. The molecule has 0 aliphatic rings. The van der Waals surface area contributed by atoms with Crippen molar-refractivity contribution in [3.63, 3.8) is 0 Å². The quantitative estimate of drug-likeness (QED) is 0.593. The van der Waals surface area contributed by atoms with Gasteiger partial charge in [-0.1, -0.05) is 0 Å². The van der Waals surface area contributed by atoms with E-state index in [2.05, 4.69) is 9.72 Å². The number of methoxy groups -OCH3 is 1. The number of carbonyl (C=O) groups is 2. The first-order valence-electron chi connectivity index (χ1n) is 4.44. The summed E-state index contributed by atoms with van der Waals surface area (Å²) in [7, 11) is 1.01. The number of pyridine rings is 1. The first-order valence-corrected chi connectivity index (χ1v) is 4.44. The Morgan fingerprint density at radius 1 is 1.29 bits per heavy atom. The first kappa shape index (κ1) is 13.1. The highest BCUT2D eigenvalue weighted by Crippen LogP contribution is 2.28. The Balaban J connectivity index is 3.39. The second-order valence-corrected chi connectivity index (χ2v) is 3.17. The molecule has 0 N–H and O–H groups in total. The van der Waals surface area contributed by atoms with Crippen molar-refractivity contribution in [2.24, 2.45) is 0 Å². The molecule has 0 spiro atoms. The van der Waals surface area contributed by atoms with Crippen LogP contribution in [0.15, 0.2) is 12.1 Å². The highest BCUT2D eigenvalue weighted by Gasteiger charge is 2.34. The Hall–Kier alpha value is -1.92. The summed E-state index contributed by atoms with van der Waals surface area (Å²) in [5, 5.41) is 0. The number of halogens is 3. The lowest BCUT2D eigenvalue weighted by Gasteiger charge is -2.08. The number of ether oxygens (including phenoxy) is 1. The third-order valence-electron chi connectivity index (χ3n) is 1.92. The summed E-state index contributed by atoms with van der Waals surface area (Å²) >= 11 is 0. The fraction of sp³-hybridized carbons (Fsp3) is 0.300. The van der Waals surface area contributed by atoms with E-state index in [0.29, 0.717) is 6.07 Å². The molecule has 0 aliphatic heterocycles. The van der Waals surface area contributed by atoms with Gasteiger partial charge in [-0.2, -0.15) is 13.2 Å². The van der Waals surface area contributed by atoms with Gasteiger partial charge in [0.2, 0.25) is 0 Å². The second kappa shape index (κ2) is 4.52. The van der Waals surface area contributed by atoms with Gasteiger partial charge in [0.15, 0.2) is 5.78 Å².